The second-order valence-corrected chi connectivity index (χ2v) is 7.05. The van der Waals surface area contributed by atoms with Crippen molar-refractivity contribution in [1.29, 1.82) is 0 Å². The monoisotopic (exact) mass is 260 g/mol. The zero-order valence-corrected chi connectivity index (χ0v) is 11.0. The van der Waals surface area contributed by atoms with Gasteiger partial charge in [-0.2, -0.15) is 0 Å². The van der Waals surface area contributed by atoms with Crippen LogP contribution in [0.2, 0.25) is 0 Å². The van der Waals surface area contributed by atoms with Gasteiger partial charge in [0.1, 0.15) is 0 Å². The first-order chi connectivity index (χ1) is 8.02. The molecule has 3 unspecified atom stereocenters. The molecular weight excluding hydrogens is 240 g/mol. The molecule has 17 heavy (non-hydrogen) atoms. The Kier molecular flexibility index (Phi) is 3.88. The van der Waals surface area contributed by atoms with Gasteiger partial charge in [-0.3, -0.25) is 9.00 Å². The van der Waals surface area contributed by atoms with Crippen molar-refractivity contribution >= 4 is 16.8 Å². The van der Waals surface area contributed by atoms with E-state index in [-0.39, 0.29) is 16.6 Å². The predicted octanol–water partition coefficient (Wildman–Crippen LogP) is 1.56. The van der Waals surface area contributed by atoms with Gasteiger partial charge in [0.15, 0.2) is 0 Å². The summed E-state index contributed by atoms with van der Waals surface area (Å²) in [4.78, 5) is 10.8. The van der Waals surface area contributed by atoms with Crippen LogP contribution in [-0.4, -0.2) is 38.5 Å². The van der Waals surface area contributed by atoms with Crippen molar-refractivity contribution in [2.24, 2.45) is 5.92 Å². The molecule has 3 atom stereocenters. The van der Waals surface area contributed by atoms with Gasteiger partial charge in [0.25, 0.3) is 0 Å². The molecule has 0 aromatic carbocycles. The Bertz CT molecular complexity index is 324. The minimum atomic E-state index is -1.03. The fraction of sp³-hybridized carbons (Fsp3) is 0.917. The highest BCUT2D eigenvalue weighted by Gasteiger charge is 2.44. The smallest absolute Gasteiger partial charge is 0.307 e. The van der Waals surface area contributed by atoms with Gasteiger partial charge < -0.3 is 9.84 Å². The van der Waals surface area contributed by atoms with Crippen LogP contribution in [0.3, 0.4) is 0 Å². The van der Waals surface area contributed by atoms with Gasteiger partial charge in [0.05, 0.1) is 11.5 Å². The van der Waals surface area contributed by atoms with Crippen LogP contribution in [0.4, 0.5) is 0 Å². The molecule has 2 rings (SSSR count). The van der Waals surface area contributed by atoms with Gasteiger partial charge in [0.2, 0.25) is 0 Å². The van der Waals surface area contributed by atoms with E-state index in [0.717, 1.165) is 25.7 Å². The maximum absolute atomic E-state index is 12.1. The van der Waals surface area contributed by atoms with E-state index in [0.29, 0.717) is 6.61 Å². The molecule has 98 valence electrons. The molecule has 5 heteroatoms. The minimum Gasteiger partial charge on any atom is -0.481 e. The molecule has 1 heterocycles. The summed E-state index contributed by atoms with van der Waals surface area (Å²) in [5.74, 6) is -1.10. The van der Waals surface area contributed by atoms with Gasteiger partial charge in [-0.15, -0.1) is 0 Å². The second-order valence-electron chi connectivity index (χ2n) is 5.29. The first-order valence-corrected chi connectivity index (χ1v) is 7.65. The van der Waals surface area contributed by atoms with E-state index in [9.17, 15) is 9.00 Å². The summed E-state index contributed by atoms with van der Waals surface area (Å²) in [7, 11) is -1.03. The molecule has 1 saturated carbocycles. The van der Waals surface area contributed by atoms with E-state index >= 15 is 0 Å². The topological polar surface area (TPSA) is 63.6 Å². The number of aliphatic carboxylic acids is 1. The van der Waals surface area contributed by atoms with Crippen molar-refractivity contribution in [3.8, 4) is 0 Å². The van der Waals surface area contributed by atoms with Crippen molar-refractivity contribution in [3.05, 3.63) is 0 Å². The predicted molar refractivity (Wildman–Crippen MR) is 65.4 cm³/mol. The molecule has 1 aliphatic carbocycles. The van der Waals surface area contributed by atoms with Gasteiger partial charge in [-0.05, 0) is 32.1 Å². The zero-order chi connectivity index (χ0) is 12.5. The van der Waals surface area contributed by atoms with Gasteiger partial charge in [0, 0.05) is 28.4 Å². The average molecular weight is 260 g/mol. The lowest BCUT2D eigenvalue weighted by atomic mass is 9.75. The third kappa shape index (κ3) is 2.88. The van der Waals surface area contributed by atoms with E-state index < -0.39 is 22.7 Å². The lowest BCUT2D eigenvalue weighted by Crippen LogP contribution is -2.48. The molecule has 2 aliphatic rings. The molecule has 1 N–H and O–H groups in total. The van der Waals surface area contributed by atoms with Crippen LogP contribution in [0.25, 0.3) is 0 Å². The summed E-state index contributed by atoms with van der Waals surface area (Å²) < 4.78 is 17.9. The van der Waals surface area contributed by atoms with E-state index in [1.807, 2.05) is 0 Å². The van der Waals surface area contributed by atoms with E-state index in [1.54, 1.807) is 6.92 Å². The summed E-state index contributed by atoms with van der Waals surface area (Å²) in [6, 6.07) is 0. The van der Waals surface area contributed by atoms with Crippen LogP contribution in [0.5, 0.6) is 0 Å². The SMILES string of the molecule is CC(CS(=O)C1CCOC2(CCC2)C1)C(=O)O. The van der Waals surface area contributed by atoms with Crippen molar-refractivity contribution in [2.75, 3.05) is 12.4 Å². The molecule has 0 bridgehead atoms. The molecule has 0 aromatic heterocycles. The average Bonchev–Trinajstić information content (AvgIpc) is 2.27. The number of carboxylic acids is 1. The number of hydrogen-bond acceptors (Lipinski definition) is 3. The van der Waals surface area contributed by atoms with Crippen LogP contribution in [-0.2, 0) is 20.3 Å². The zero-order valence-electron chi connectivity index (χ0n) is 10.2. The standard InChI is InChI=1S/C12H20O4S/c1-9(11(13)14)8-17(15)10-3-6-16-12(7-10)4-2-5-12/h9-10H,2-8H2,1H3,(H,13,14). The van der Waals surface area contributed by atoms with Crippen molar-refractivity contribution in [2.45, 2.75) is 49.9 Å². The Morgan fingerprint density at radius 3 is 2.82 bits per heavy atom. The van der Waals surface area contributed by atoms with Gasteiger partial charge >= 0.3 is 5.97 Å². The lowest BCUT2D eigenvalue weighted by molar-refractivity contribution is -0.140. The normalized spacial score (nSPS) is 30.5. The summed E-state index contributed by atoms with van der Waals surface area (Å²) in [6.45, 7) is 2.30. The largest absolute Gasteiger partial charge is 0.481 e. The highest BCUT2D eigenvalue weighted by molar-refractivity contribution is 7.85. The summed E-state index contributed by atoms with van der Waals surface area (Å²) in [5, 5.41) is 8.96. The highest BCUT2D eigenvalue weighted by atomic mass is 32.2. The first-order valence-electron chi connectivity index (χ1n) is 6.26. The van der Waals surface area contributed by atoms with Crippen molar-refractivity contribution in [1.82, 2.24) is 0 Å². The fourth-order valence-electron chi connectivity index (χ4n) is 2.58. The fourth-order valence-corrected chi connectivity index (χ4v) is 4.34. The highest BCUT2D eigenvalue weighted by Crippen LogP contribution is 2.43. The van der Waals surface area contributed by atoms with Crippen molar-refractivity contribution in [3.63, 3.8) is 0 Å². The van der Waals surface area contributed by atoms with E-state index in [4.69, 9.17) is 9.84 Å². The molecule has 0 radical (unpaired) electrons. The van der Waals surface area contributed by atoms with Crippen LogP contribution in [0.1, 0.15) is 39.0 Å². The molecule has 1 saturated heterocycles. The Hall–Kier alpha value is -0.420. The first kappa shape index (κ1) is 13.0. The van der Waals surface area contributed by atoms with Crippen LogP contribution in [0.15, 0.2) is 0 Å². The number of carbonyl (C=O) groups is 1. The third-order valence-corrected chi connectivity index (χ3v) is 5.89. The molecular formula is C12H20O4S. The number of carboxylic acid groups (broad SMARTS) is 1. The molecule has 4 nitrogen and oxygen atoms in total. The molecule has 1 aliphatic heterocycles. The molecule has 0 aromatic rings. The Labute approximate surface area is 104 Å². The maximum Gasteiger partial charge on any atom is 0.307 e. The number of ether oxygens (including phenoxy) is 1. The quantitative estimate of drug-likeness (QED) is 0.833. The van der Waals surface area contributed by atoms with Crippen LogP contribution < -0.4 is 0 Å². The number of rotatable bonds is 4. The lowest BCUT2D eigenvalue weighted by Gasteiger charge is -2.47. The third-order valence-electron chi connectivity index (χ3n) is 3.92. The summed E-state index contributed by atoms with van der Waals surface area (Å²) in [5.41, 5.74) is -0.00889. The van der Waals surface area contributed by atoms with Crippen LogP contribution >= 0.6 is 0 Å². The van der Waals surface area contributed by atoms with Crippen molar-refractivity contribution < 1.29 is 18.8 Å². The van der Waals surface area contributed by atoms with Gasteiger partial charge in [-0.1, -0.05) is 6.92 Å². The van der Waals surface area contributed by atoms with E-state index in [2.05, 4.69) is 0 Å². The number of hydrogen-bond donors (Lipinski definition) is 1. The van der Waals surface area contributed by atoms with Gasteiger partial charge in [-0.25, -0.2) is 0 Å². The molecule has 0 amide bonds. The molecule has 1 spiro atoms. The Balaban J connectivity index is 1.88. The Morgan fingerprint density at radius 2 is 2.29 bits per heavy atom. The second kappa shape index (κ2) is 5.06. The van der Waals surface area contributed by atoms with E-state index in [1.165, 1.54) is 6.42 Å². The molecule has 2 fully saturated rings. The Morgan fingerprint density at radius 1 is 1.59 bits per heavy atom. The van der Waals surface area contributed by atoms with Crippen LogP contribution in [0, 0.1) is 5.92 Å². The summed E-state index contributed by atoms with van der Waals surface area (Å²) in [6.07, 6.45) is 5.02. The minimum absolute atomic E-state index is 0.00889. The maximum atomic E-state index is 12.1. The summed E-state index contributed by atoms with van der Waals surface area (Å²) >= 11 is 0.